The van der Waals surface area contributed by atoms with Crippen LogP contribution >= 0.6 is 0 Å². The summed E-state index contributed by atoms with van der Waals surface area (Å²) in [6.07, 6.45) is 9.44. The molecule has 4 aromatic rings. The molecular formula is C41H51N9O4S. The van der Waals surface area contributed by atoms with Crippen LogP contribution in [-0.4, -0.2) is 103 Å². The van der Waals surface area contributed by atoms with Gasteiger partial charge in [0.1, 0.15) is 5.65 Å². The molecule has 0 radical (unpaired) electrons. The highest BCUT2D eigenvalue weighted by molar-refractivity contribution is 7.89. The molecule has 2 N–H and O–H groups in total. The Morgan fingerprint density at radius 2 is 1.53 bits per heavy atom. The summed E-state index contributed by atoms with van der Waals surface area (Å²) < 4.78 is 31.2. The van der Waals surface area contributed by atoms with Crippen molar-refractivity contribution in [1.29, 1.82) is 0 Å². The Balaban J connectivity index is 0.760. The van der Waals surface area contributed by atoms with Crippen molar-refractivity contribution >= 4 is 44.3 Å². The molecule has 6 heterocycles. The van der Waals surface area contributed by atoms with Crippen molar-refractivity contribution in [1.82, 2.24) is 29.1 Å². The number of piperidine rings is 2. The summed E-state index contributed by atoms with van der Waals surface area (Å²) in [5.74, 6) is 1.13. The maximum absolute atomic E-state index is 13.9. The Morgan fingerprint density at radius 3 is 2.31 bits per heavy atom. The van der Waals surface area contributed by atoms with E-state index in [1.807, 2.05) is 28.8 Å². The third-order valence-corrected chi connectivity index (χ3v) is 14.5. The number of pyridine rings is 1. The van der Waals surface area contributed by atoms with Crippen LogP contribution < -0.4 is 26.0 Å². The number of amides is 1. The highest BCUT2D eigenvalue weighted by Crippen LogP contribution is 2.32. The first-order chi connectivity index (χ1) is 26.8. The molecule has 0 atom stereocenters. The maximum Gasteiger partial charge on any atom is 0.252 e. The van der Waals surface area contributed by atoms with Crippen molar-refractivity contribution in [3.8, 4) is 0 Å². The molecule has 4 aliphatic heterocycles. The zero-order valence-electron chi connectivity index (χ0n) is 31.4. The minimum absolute atomic E-state index is 0.0245. The van der Waals surface area contributed by atoms with E-state index >= 15 is 0 Å². The van der Waals surface area contributed by atoms with Gasteiger partial charge in [0.15, 0.2) is 0 Å². The number of anilines is 3. The average Bonchev–Trinajstić information content (AvgIpc) is 3.88. The standard InChI is InChI=1S/C41H51N9O4S/c51-38-11-8-30-26-43-41(45-39(30)50(38)33-4-1-2-5-33)44-32-14-18-49(19-15-32)55(53,54)36-7-3-6-34(25-36)47-16-12-29(13-17-47)28-46-20-22-48(23-21-46)35-9-10-37-31(24-35)27-42-40(37)52/h3,6-11,24-26,29,32-33H,1-2,4-5,12-23,27-28H2,(H,42,52)(H,43,44,45). The van der Waals surface area contributed by atoms with Gasteiger partial charge in [-0.2, -0.15) is 9.29 Å². The number of sulfonamides is 1. The molecule has 2 aromatic carbocycles. The van der Waals surface area contributed by atoms with E-state index in [-0.39, 0.29) is 23.6 Å². The van der Waals surface area contributed by atoms with Gasteiger partial charge in [0.25, 0.3) is 11.5 Å². The largest absolute Gasteiger partial charge is 0.371 e. The van der Waals surface area contributed by atoms with Gasteiger partial charge < -0.3 is 20.4 Å². The van der Waals surface area contributed by atoms with Crippen LogP contribution in [-0.2, 0) is 16.6 Å². The van der Waals surface area contributed by atoms with Crippen LogP contribution in [0.3, 0.4) is 0 Å². The van der Waals surface area contributed by atoms with Gasteiger partial charge in [0.2, 0.25) is 16.0 Å². The quantitative estimate of drug-likeness (QED) is 0.252. The number of carbonyl (C=O) groups is 1. The summed E-state index contributed by atoms with van der Waals surface area (Å²) in [5, 5.41) is 7.20. The van der Waals surface area contributed by atoms with Crippen molar-refractivity contribution < 1.29 is 13.2 Å². The second-order valence-corrected chi connectivity index (χ2v) is 18.0. The van der Waals surface area contributed by atoms with E-state index < -0.39 is 10.0 Å². The smallest absolute Gasteiger partial charge is 0.252 e. The number of hydrogen-bond donors (Lipinski definition) is 2. The molecule has 1 aliphatic carbocycles. The van der Waals surface area contributed by atoms with Gasteiger partial charge in [-0.3, -0.25) is 19.1 Å². The number of piperazine rings is 1. The molecule has 290 valence electrons. The molecule has 4 fully saturated rings. The van der Waals surface area contributed by atoms with E-state index in [2.05, 4.69) is 42.5 Å². The van der Waals surface area contributed by atoms with Crippen LogP contribution in [0, 0.1) is 5.92 Å². The van der Waals surface area contributed by atoms with Crippen LogP contribution in [0.1, 0.15) is 73.3 Å². The molecule has 1 saturated carbocycles. The van der Waals surface area contributed by atoms with E-state index in [0.717, 1.165) is 107 Å². The molecule has 5 aliphatic rings. The zero-order valence-corrected chi connectivity index (χ0v) is 32.2. The Bertz CT molecular complexity index is 2220. The molecule has 55 heavy (non-hydrogen) atoms. The second kappa shape index (κ2) is 15.2. The number of carbonyl (C=O) groups excluding carboxylic acids is 1. The van der Waals surface area contributed by atoms with Gasteiger partial charge >= 0.3 is 0 Å². The molecule has 0 unspecified atom stereocenters. The van der Waals surface area contributed by atoms with Crippen LogP contribution in [0.25, 0.3) is 11.0 Å². The van der Waals surface area contributed by atoms with Crippen molar-refractivity contribution in [2.24, 2.45) is 5.92 Å². The monoisotopic (exact) mass is 765 g/mol. The highest BCUT2D eigenvalue weighted by Gasteiger charge is 2.31. The predicted molar refractivity (Wildman–Crippen MR) is 214 cm³/mol. The molecular weight excluding hydrogens is 715 g/mol. The maximum atomic E-state index is 13.9. The Morgan fingerprint density at radius 1 is 0.782 bits per heavy atom. The lowest BCUT2D eigenvalue weighted by atomic mass is 9.95. The fourth-order valence-electron chi connectivity index (χ4n) is 9.38. The molecule has 0 spiro atoms. The lowest BCUT2D eigenvalue weighted by Crippen LogP contribution is -2.49. The first kappa shape index (κ1) is 36.1. The van der Waals surface area contributed by atoms with Crippen LogP contribution in [0.15, 0.2) is 70.5 Å². The first-order valence-corrected chi connectivity index (χ1v) is 21.6. The third-order valence-electron chi connectivity index (χ3n) is 12.6. The van der Waals surface area contributed by atoms with Gasteiger partial charge in [0.05, 0.1) is 4.90 Å². The van der Waals surface area contributed by atoms with Crippen molar-refractivity contribution in [2.75, 3.05) is 74.0 Å². The van der Waals surface area contributed by atoms with Gasteiger partial charge in [-0.1, -0.05) is 18.9 Å². The minimum Gasteiger partial charge on any atom is -0.371 e. The molecule has 13 nitrogen and oxygen atoms in total. The molecule has 9 rings (SSSR count). The first-order valence-electron chi connectivity index (χ1n) is 20.2. The minimum atomic E-state index is -3.65. The lowest BCUT2D eigenvalue weighted by molar-refractivity contribution is 0.0965. The van der Waals surface area contributed by atoms with E-state index in [1.54, 1.807) is 28.7 Å². The van der Waals surface area contributed by atoms with Gasteiger partial charge in [-0.15, -0.1) is 0 Å². The summed E-state index contributed by atoms with van der Waals surface area (Å²) in [6.45, 7) is 8.40. The van der Waals surface area contributed by atoms with Crippen molar-refractivity contribution in [3.63, 3.8) is 0 Å². The van der Waals surface area contributed by atoms with Gasteiger partial charge in [-0.25, -0.2) is 13.4 Å². The molecule has 3 saturated heterocycles. The van der Waals surface area contributed by atoms with E-state index in [0.29, 0.717) is 54.9 Å². The number of nitrogens with zero attached hydrogens (tertiary/aromatic N) is 7. The van der Waals surface area contributed by atoms with Crippen molar-refractivity contribution in [3.05, 3.63) is 82.3 Å². The van der Waals surface area contributed by atoms with Gasteiger partial charge in [0, 0.05) is 112 Å². The van der Waals surface area contributed by atoms with E-state index in [9.17, 15) is 18.0 Å². The topological polar surface area (TPSA) is 136 Å². The van der Waals surface area contributed by atoms with Crippen LogP contribution in [0.2, 0.25) is 0 Å². The number of hydrogen-bond acceptors (Lipinski definition) is 10. The molecule has 0 bridgehead atoms. The normalized spacial score (nSPS) is 21.0. The molecule has 1 amide bonds. The lowest BCUT2D eigenvalue weighted by Gasteiger charge is -2.40. The third kappa shape index (κ3) is 7.43. The Hall–Kier alpha value is -4.53. The van der Waals surface area contributed by atoms with Gasteiger partial charge in [-0.05, 0) is 92.5 Å². The summed E-state index contributed by atoms with van der Waals surface area (Å²) >= 11 is 0. The zero-order chi connectivity index (χ0) is 37.5. The number of aromatic nitrogens is 3. The summed E-state index contributed by atoms with van der Waals surface area (Å²) in [7, 11) is -3.65. The molecule has 14 heteroatoms. The predicted octanol–water partition coefficient (Wildman–Crippen LogP) is 4.45. The van der Waals surface area contributed by atoms with Crippen molar-refractivity contribution in [2.45, 2.75) is 74.9 Å². The van der Waals surface area contributed by atoms with E-state index in [1.165, 1.54) is 5.69 Å². The Kier molecular flexibility index (Phi) is 9.98. The number of fused-ring (bicyclic) bond motifs is 2. The van der Waals surface area contributed by atoms with Crippen LogP contribution in [0.4, 0.5) is 17.3 Å². The fraction of sp³-hybridized carbons (Fsp3) is 0.512. The fourth-order valence-corrected chi connectivity index (χ4v) is 10.9. The number of nitrogens with one attached hydrogen (secondary N) is 2. The number of rotatable bonds is 9. The highest BCUT2D eigenvalue weighted by atomic mass is 32.2. The molecule has 2 aromatic heterocycles. The number of benzene rings is 2. The Labute approximate surface area is 322 Å². The summed E-state index contributed by atoms with van der Waals surface area (Å²) in [6, 6.07) is 17.3. The van der Waals surface area contributed by atoms with E-state index in [4.69, 9.17) is 4.98 Å². The second-order valence-electron chi connectivity index (χ2n) is 16.0. The SMILES string of the molecule is O=C1NCc2cc(N3CCN(CC4CCN(c5cccc(S(=O)(=O)N6CCC(Nc7ncc8ccc(=O)n(C9CCCC9)c8n7)CC6)c5)CC4)CC3)ccc21. The average molecular weight is 766 g/mol. The summed E-state index contributed by atoms with van der Waals surface area (Å²) in [5.41, 5.74) is 4.71. The van der Waals surface area contributed by atoms with Crippen LogP contribution in [0.5, 0.6) is 0 Å². The summed E-state index contributed by atoms with van der Waals surface area (Å²) in [4.78, 5) is 41.8.